The Labute approximate surface area is 154 Å². The fraction of sp³-hybridized carbons (Fsp3) is 0.364. The first-order valence-electron chi connectivity index (χ1n) is 9.22. The Morgan fingerprint density at radius 3 is 2.65 bits per heavy atom. The Kier molecular flexibility index (Phi) is 3.87. The van der Waals surface area contributed by atoms with E-state index in [1.165, 1.54) is 5.56 Å². The van der Waals surface area contributed by atoms with Crippen LogP contribution in [-0.4, -0.2) is 23.8 Å². The Hall–Kier alpha value is -2.62. The molecule has 0 saturated carbocycles. The number of aliphatic imine (C=N–C) groups is 1. The number of benzene rings is 2. The van der Waals surface area contributed by atoms with E-state index in [9.17, 15) is 4.79 Å². The molecule has 26 heavy (non-hydrogen) atoms. The highest BCUT2D eigenvalue weighted by atomic mass is 16.5. The maximum absolute atomic E-state index is 13.3. The monoisotopic (exact) mass is 348 g/mol. The molecule has 2 aliphatic rings. The van der Waals surface area contributed by atoms with E-state index in [0.717, 1.165) is 29.1 Å². The molecule has 1 amide bonds. The van der Waals surface area contributed by atoms with E-state index >= 15 is 0 Å². The highest BCUT2D eigenvalue weighted by Gasteiger charge is 2.48. The summed E-state index contributed by atoms with van der Waals surface area (Å²) in [6.45, 7) is 9.07. The standard InChI is InChI=1S/C22H24N2O2/c1-5-26-16-11-17-14(2)13-22(3,4)24-20(17)18(12-16)19(21(24)25)23-15-9-7-6-8-10-15/h6-12,14H,5,13H2,1-4H3. The topological polar surface area (TPSA) is 41.9 Å². The summed E-state index contributed by atoms with van der Waals surface area (Å²) in [6.07, 6.45) is 0.916. The molecule has 0 bridgehead atoms. The first kappa shape index (κ1) is 16.8. The fourth-order valence-electron chi connectivity index (χ4n) is 4.28. The van der Waals surface area contributed by atoms with Crippen molar-refractivity contribution >= 4 is 23.0 Å². The van der Waals surface area contributed by atoms with E-state index in [4.69, 9.17) is 9.73 Å². The first-order chi connectivity index (χ1) is 12.4. The molecule has 0 aromatic heterocycles. The van der Waals surface area contributed by atoms with E-state index in [1.807, 2.05) is 48.2 Å². The van der Waals surface area contributed by atoms with Crippen molar-refractivity contribution in [1.29, 1.82) is 0 Å². The second-order valence-electron chi connectivity index (χ2n) is 7.70. The van der Waals surface area contributed by atoms with Crippen LogP contribution >= 0.6 is 0 Å². The van der Waals surface area contributed by atoms with Gasteiger partial charge in [0.15, 0.2) is 0 Å². The van der Waals surface area contributed by atoms with Crippen molar-refractivity contribution < 1.29 is 9.53 Å². The minimum absolute atomic E-state index is 0.0179. The third-order valence-corrected chi connectivity index (χ3v) is 5.25. The average molecular weight is 348 g/mol. The van der Waals surface area contributed by atoms with Crippen molar-refractivity contribution in [3.63, 3.8) is 0 Å². The first-order valence-corrected chi connectivity index (χ1v) is 9.22. The number of ether oxygens (including phenoxy) is 1. The molecule has 0 fully saturated rings. The van der Waals surface area contributed by atoms with Gasteiger partial charge in [-0.3, -0.25) is 4.79 Å². The van der Waals surface area contributed by atoms with Crippen molar-refractivity contribution in [2.75, 3.05) is 11.5 Å². The number of nitrogens with zero attached hydrogens (tertiary/aromatic N) is 2. The van der Waals surface area contributed by atoms with Gasteiger partial charge >= 0.3 is 0 Å². The van der Waals surface area contributed by atoms with Gasteiger partial charge in [-0.25, -0.2) is 4.99 Å². The minimum atomic E-state index is -0.237. The lowest BCUT2D eigenvalue weighted by Gasteiger charge is -2.43. The molecule has 2 aromatic carbocycles. The third-order valence-electron chi connectivity index (χ3n) is 5.25. The normalized spacial score (nSPS) is 21.8. The number of rotatable bonds is 3. The van der Waals surface area contributed by atoms with Crippen molar-refractivity contribution in [2.45, 2.75) is 45.6 Å². The zero-order valence-corrected chi connectivity index (χ0v) is 15.7. The van der Waals surface area contributed by atoms with E-state index in [1.54, 1.807) is 0 Å². The van der Waals surface area contributed by atoms with Gasteiger partial charge in [0.05, 0.1) is 18.0 Å². The summed E-state index contributed by atoms with van der Waals surface area (Å²) in [5.41, 5.74) is 4.14. The van der Waals surface area contributed by atoms with Crippen molar-refractivity contribution in [3.8, 4) is 5.75 Å². The molecular weight excluding hydrogens is 324 g/mol. The Balaban J connectivity index is 1.96. The molecule has 4 rings (SSSR count). The second-order valence-corrected chi connectivity index (χ2v) is 7.70. The van der Waals surface area contributed by atoms with Gasteiger partial charge in [-0.1, -0.05) is 25.1 Å². The number of para-hydroxylation sites is 1. The van der Waals surface area contributed by atoms with Crippen LogP contribution in [0.3, 0.4) is 0 Å². The molecule has 2 aromatic rings. The Morgan fingerprint density at radius 2 is 1.96 bits per heavy atom. The predicted molar refractivity (Wildman–Crippen MR) is 105 cm³/mol. The zero-order chi connectivity index (χ0) is 18.5. The van der Waals surface area contributed by atoms with Crippen LogP contribution in [-0.2, 0) is 4.79 Å². The smallest absolute Gasteiger partial charge is 0.278 e. The van der Waals surface area contributed by atoms with Crippen LogP contribution in [0.2, 0.25) is 0 Å². The number of carbonyl (C=O) groups is 1. The van der Waals surface area contributed by atoms with E-state index in [-0.39, 0.29) is 11.4 Å². The quantitative estimate of drug-likeness (QED) is 0.796. The van der Waals surface area contributed by atoms with Crippen LogP contribution in [0.5, 0.6) is 5.75 Å². The van der Waals surface area contributed by atoms with Gasteiger partial charge < -0.3 is 9.64 Å². The molecule has 0 N–H and O–H groups in total. The minimum Gasteiger partial charge on any atom is -0.494 e. The molecule has 2 heterocycles. The van der Waals surface area contributed by atoms with E-state index < -0.39 is 0 Å². The van der Waals surface area contributed by atoms with Crippen LogP contribution in [0.4, 0.5) is 11.4 Å². The third kappa shape index (κ3) is 2.52. The summed E-state index contributed by atoms with van der Waals surface area (Å²) in [5.74, 6) is 1.15. The summed E-state index contributed by atoms with van der Waals surface area (Å²) in [5, 5.41) is 0. The molecule has 134 valence electrons. The number of hydrogen-bond donors (Lipinski definition) is 0. The predicted octanol–water partition coefficient (Wildman–Crippen LogP) is 4.84. The van der Waals surface area contributed by atoms with E-state index in [0.29, 0.717) is 18.2 Å². The molecule has 4 heteroatoms. The van der Waals surface area contributed by atoms with Crippen LogP contribution in [0, 0.1) is 0 Å². The highest BCUT2D eigenvalue weighted by molar-refractivity contribution is 6.55. The van der Waals surface area contributed by atoms with Crippen molar-refractivity contribution in [3.05, 3.63) is 53.6 Å². The van der Waals surface area contributed by atoms with Gasteiger partial charge in [0, 0.05) is 11.1 Å². The van der Waals surface area contributed by atoms with Gasteiger partial charge in [-0.2, -0.15) is 0 Å². The van der Waals surface area contributed by atoms with E-state index in [2.05, 4.69) is 26.8 Å². The Bertz CT molecular complexity index is 900. The number of amides is 1. The van der Waals surface area contributed by atoms with Crippen LogP contribution in [0.1, 0.15) is 51.2 Å². The number of anilines is 1. The van der Waals surface area contributed by atoms with Gasteiger partial charge in [0.1, 0.15) is 11.5 Å². The van der Waals surface area contributed by atoms with Crippen LogP contribution in [0.25, 0.3) is 0 Å². The lowest BCUT2D eigenvalue weighted by Crippen LogP contribution is -2.50. The lowest BCUT2D eigenvalue weighted by molar-refractivity contribution is -0.113. The summed E-state index contributed by atoms with van der Waals surface area (Å²) in [6, 6.07) is 13.7. The van der Waals surface area contributed by atoms with Gasteiger partial charge in [-0.15, -0.1) is 0 Å². The van der Waals surface area contributed by atoms with Crippen molar-refractivity contribution in [1.82, 2.24) is 0 Å². The zero-order valence-electron chi connectivity index (χ0n) is 15.7. The SMILES string of the molecule is CCOc1cc2c3c(c1)C(C)CC(C)(C)N3C(=O)C2=Nc1ccccc1. The van der Waals surface area contributed by atoms with Crippen LogP contribution in [0.15, 0.2) is 47.5 Å². The molecular formula is C22H24N2O2. The van der Waals surface area contributed by atoms with Gasteiger partial charge in [0.2, 0.25) is 0 Å². The molecule has 0 saturated heterocycles. The maximum Gasteiger partial charge on any atom is 0.278 e. The second kappa shape index (κ2) is 5.97. The molecule has 0 aliphatic carbocycles. The van der Waals surface area contributed by atoms with Gasteiger partial charge in [0.25, 0.3) is 5.91 Å². The summed E-state index contributed by atoms with van der Waals surface area (Å²) < 4.78 is 5.78. The van der Waals surface area contributed by atoms with Crippen molar-refractivity contribution in [2.24, 2.45) is 4.99 Å². The Morgan fingerprint density at radius 1 is 1.23 bits per heavy atom. The largest absolute Gasteiger partial charge is 0.494 e. The summed E-state index contributed by atoms with van der Waals surface area (Å²) in [4.78, 5) is 20.0. The molecule has 0 spiro atoms. The molecule has 1 atom stereocenters. The summed E-state index contributed by atoms with van der Waals surface area (Å²) in [7, 11) is 0. The molecule has 1 unspecified atom stereocenters. The highest BCUT2D eigenvalue weighted by Crippen LogP contribution is 2.50. The molecule has 0 radical (unpaired) electrons. The van der Waals surface area contributed by atoms with Gasteiger partial charge in [-0.05, 0) is 62.9 Å². The fourth-order valence-corrected chi connectivity index (χ4v) is 4.28. The van der Waals surface area contributed by atoms with Crippen LogP contribution < -0.4 is 9.64 Å². The molecule has 4 nitrogen and oxygen atoms in total. The molecule has 2 aliphatic heterocycles. The maximum atomic E-state index is 13.3. The lowest BCUT2D eigenvalue weighted by atomic mass is 9.80. The average Bonchev–Trinajstić information content (AvgIpc) is 2.87. The number of hydrogen-bond acceptors (Lipinski definition) is 3. The summed E-state index contributed by atoms with van der Waals surface area (Å²) >= 11 is 0. The number of carbonyl (C=O) groups excluding carboxylic acids is 1.